The van der Waals surface area contributed by atoms with E-state index in [-0.39, 0.29) is 30.6 Å². The van der Waals surface area contributed by atoms with Crippen LogP contribution in [-0.4, -0.2) is 40.4 Å². The average molecular weight is 1010 g/mol. The standard InChI is InChI=1S/C23H20N2O.C21H20N2.C18H16N2S.2ClH/c24-13-12-20-15-25-22-11-10-19(14-21(20)22)16-6-8-18(9-7-16)23(26)17-4-2-1-3-5-17;1-14-6-8-18(19-5-3-2-4-17(14)19)15-7-9-21-20(12-15)16(10-11-22)13-23-21;19-8-7-14-11-20-16-6-5-13(9-15(14)16)18-10-12-3-1-2-4-17(12)21-18;;/h1-11,14-15,25H,12-13,24H2;2-9,12-13,23H,10-11,22H2,1H3;1-6,9-11,20H,7-8,19H2;2*1H. The lowest BCUT2D eigenvalue weighted by Gasteiger charge is -2.10. The Labute approximate surface area is 436 Å². The highest BCUT2D eigenvalue weighted by molar-refractivity contribution is 7.22. The zero-order valence-electron chi connectivity index (χ0n) is 40.1. The Morgan fingerprint density at radius 1 is 0.444 bits per heavy atom. The molecule has 72 heavy (non-hydrogen) atoms. The molecule has 0 spiro atoms. The molecule has 0 unspecified atom stereocenters. The molecule has 12 aromatic rings. The third kappa shape index (κ3) is 10.8. The molecule has 362 valence electrons. The zero-order valence-corrected chi connectivity index (χ0v) is 42.5. The summed E-state index contributed by atoms with van der Waals surface area (Å²) in [6.07, 6.45) is 8.85. The van der Waals surface area contributed by atoms with Gasteiger partial charge in [-0.25, -0.2) is 0 Å². The van der Waals surface area contributed by atoms with Crippen molar-refractivity contribution in [2.24, 2.45) is 17.2 Å². The summed E-state index contributed by atoms with van der Waals surface area (Å²) in [7, 11) is 0. The fourth-order valence-corrected chi connectivity index (χ4v) is 10.6. The number of halogens is 2. The molecule has 0 bridgehead atoms. The lowest BCUT2D eigenvalue weighted by molar-refractivity contribution is 0.103. The number of H-pyrrole nitrogens is 3. The summed E-state index contributed by atoms with van der Waals surface area (Å²) in [6, 6.07) is 60.7. The number of fused-ring (bicyclic) bond motifs is 5. The number of carbonyl (C=O) groups excluding carboxylic acids is 1. The summed E-state index contributed by atoms with van der Waals surface area (Å²) >= 11 is 1.85. The molecule has 0 saturated carbocycles. The van der Waals surface area contributed by atoms with Gasteiger partial charge in [0.25, 0.3) is 0 Å². The molecule has 12 rings (SSSR count). The van der Waals surface area contributed by atoms with Gasteiger partial charge < -0.3 is 32.2 Å². The van der Waals surface area contributed by atoms with Gasteiger partial charge in [0.05, 0.1) is 0 Å². The maximum atomic E-state index is 12.5. The van der Waals surface area contributed by atoms with Gasteiger partial charge in [-0.2, -0.15) is 0 Å². The van der Waals surface area contributed by atoms with Crippen LogP contribution in [0.5, 0.6) is 0 Å². The fourth-order valence-electron chi connectivity index (χ4n) is 9.52. The predicted octanol–water partition coefficient (Wildman–Crippen LogP) is 14.8. The maximum absolute atomic E-state index is 12.5. The highest BCUT2D eigenvalue weighted by atomic mass is 35.5. The summed E-state index contributed by atoms with van der Waals surface area (Å²) in [5.74, 6) is 0.0449. The van der Waals surface area contributed by atoms with Gasteiger partial charge in [0, 0.05) is 72.0 Å². The van der Waals surface area contributed by atoms with Crippen LogP contribution < -0.4 is 17.2 Å². The van der Waals surface area contributed by atoms with Gasteiger partial charge in [-0.05, 0) is 161 Å². The summed E-state index contributed by atoms with van der Waals surface area (Å²) in [5.41, 5.74) is 33.2. The summed E-state index contributed by atoms with van der Waals surface area (Å²) in [4.78, 5) is 23.8. The lowest BCUT2D eigenvalue weighted by Crippen LogP contribution is -2.01. The monoisotopic (exact) mass is 1000 g/mol. The van der Waals surface area contributed by atoms with Crippen molar-refractivity contribution in [2.45, 2.75) is 26.2 Å². The van der Waals surface area contributed by atoms with E-state index in [1.54, 1.807) is 0 Å². The van der Waals surface area contributed by atoms with Crippen LogP contribution in [0.1, 0.15) is 38.2 Å². The Kier molecular flexibility index (Phi) is 16.5. The Morgan fingerprint density at radius 2 is 0.917 bits per heavy atom. The van der Waals surface area contributed by atoms with Gasteiger partial charge >= 0.3 is 0 Å². The van der Waals surface area contributed by atoms with Gasteiger partial charge in [-0.15, -0.1) is 36.2 Å². The molecule has 0 saturated heterocycles. The lowest BCUT2D eigenvalue weighted by atomic mass is 9.94. The summed E-state index contributed by atoms with van der Waals surface area (Å²) in [6.45, 7) is 4.15. The van der Waals surface area contributed by atoms with E-state index < -0.39 is 0 Å². The molecular formula is C62H58Cl2N6OS. The van der Waals surface area contributed by atoms with Crippen LogP contribution in [0.25, 0.3) is 86.3 Å². The first kappa shape index (κ1) is 51.1. The van der Waals surface area contributed by atoms with Crippen molar-refractivity contribution in [2.75, 3.05) is 19.6 Å². The van der Waals surface area contributed by atoms with Gasteiger partial charge in [0.15, 0.2) is 5.78 Å². The van der Waals surface area contributed by atoms with Crippen LogP contribution in [0, 0.1) is 6.92 Å². The quantitative estimate of drug-likeness (QED) is 0.0717. The Balaban J connectivity index is 0.000000143. The number of hydrogen-bond donors (Lipinski definition) is 6. The Hall–Kier alpha value is -7.27. The molecule has 4 aromatic heterocycles. The second kappa shape index (κ2) is 23.3. The summed E-state index contributed by atoms with van der Waals surface area (Å²) < 4.78 is 1.34. The van der Waals surface area contributed by atoms with E-state index in [4.69, 9.17) is 17.2 Å². The molecule has 0 fully saturated rings. The highest BCUT2D eigenvalue weighted by Gasteiger charge is 2.13. The second-order valence-electron chi connectivity index (χ2n) is 17.7. The number of benzene rings is 8. The van der Waals surface area contributed by atoms with E-state index in [0.29, 0.717) is 30.8 Å². The van der Waals surface area contributed by atoms with Crippen molar-refractivity contribution >= 4 is 95.5 Å². The fraction of sp³-hybridized carbons (Fsp3) is 0.113. The average Bonchev–Trinajstić information content (AvgIpc) is 4.23. The number of thiophene rings is 1. The summed E-state index contributed by atoms with van der Waals surface area (Å²) in [5, 5.41) is 7.71. The molecule has 0 radical (unpaired) electrons. The maximum Gasteiger partial charge on any atom is 0.193 e. The Morgan fingerprint density at radius 3 is 1.50 bits per heavy atom. The Bertz CT molecular complexity index is 3720. The van der Waals surface area contributed by atoms with Crippen LogP contribution in [0.4, 0.5) is 0 Å². The number of rotatable bonds is 11. The third-order valence-electron chi connectivity index (χ3n) is 13.2. The second-order valence-corrected chi connectivity index (χ2v) is 18.8. The van der Waals surface area contributed by atoms with E-state index in [2.05, 4.69) is 156 Å². The minimum Gasteiger partial charge on any atom is -0.361 e. The van der Waals surface area contributed by atoms with Crippen LogP contribution in [-0.2, 0) is 19.3 Å². The van der Waals surface area contributed by atoms with Crippen molar-refractivity contribution in [3.8, 4) is 32.7 Å². The molecule has 8 aromatic carbocycles. The molecular weight excluding hydrogens is 948 g/mol. The van der Waals surface area contributed by atoms with Gasteiger partial charge in [-0.1, -0.05) is 127 Å². The third-order valence-corrected chi connectivity index (χ3v) is 14.4. The van der Waals surface area contributed by atoms with Crippen molar-refractivity contribution < 1.29 is 4.79 Å². The van der Waals surface area contributed by atoms with Crippen LogP contribution in [0.3, 0.4) is 0 Å². The molecule has 0 aliphatic carbocycles. The molecule has 10 heteroatoms. The van der Waals surface area contributed by atoms with Crippen molar-refractivity contribution in [1.82, 2.24) is 15.0 Å². The number of aromatic nitrogens is 3. The van der Waals surface area contributed by atoms with Crippen LogP contribution >= 0.6 is 36.2 Å². The zero-order chi connectivity index (χ0) is 48.0. The van der Waals surface area contributed by atoms with E-state index >= 15 is 0 Å². The number of hydrogen-bond acceptors (Lipinski definition) is 5. The molecule has 0 aliphatic heterocycles. The van der Waals surface area contributed by atoms with E-state index in [9.17, 15) is 4.79 Å². The normalized spacial score (nSPS) is 10.9. The minimum atomic E-state index is 0. The van der Waals surface area contributed by atoms with E-state index in [1.165, 1.54) is 91.9 Å². The van der Waals surface area contributed by atoms with E-state index in [1.807, 2.05) is 72.1 Å². The molecule has 0 atom stereocenters. The number of carbonyl (C=O) groups is 1. The molecule has 4 heterocycles. The topological polar surface area (TPSA) is 142 Å². The van der Waals surface area contributed by atoms with Crippen LogP contribution in [0.2, 0.25) is 0 Å². The number of ketones is 1. The predicted molar refractivity (Wildman–Crippen MR) is 311 cm³/mol. The van der Waals surface area contributed by atoms with Gasteiger partial charge in [0.1, 0.15) is 0 Å². The first-order valence-electron chi connectivity index (χ1n) is 24.0. The largest absolute Gasteiger partial charge is 0.361 e. The van der Waals surface area contributed by atoms with Crippen LogP contribution in [0.15, 0.2) is 195 Å². The number of nitrogens with one attached hydrogen (secondary N) is 3. The van der Waals surface area contributed by atoms with Crippen molar-refractivity contribution in [3.63, 3.8) is 0 Å². The molecule has 0 aliphatic rings. The molecule has 9 N–H and O–H groups in total. The minimum absolute atomic E-state index is 0. The van der Waals surface area contributed by atoms with Gasteiger partial charge in [-0.3, -0.25) is 4.79 Å². The first-order valence-corrected chi connectivity index (χ1v) is 24.8. The number of aryl methyl sites for hydroxylation is 1. The molecule has 7 nitrogen and oxygen atoms in total. The molecule has 0 amide bonds. The first-order chi connectivity index (χ1) is 34.4. The smallest absolute Gasteiger partial charge is 0.193 e. The number of aromatic amines is 3. The SMILES string of the molecule is Cc1ccc(-c2ccc3[nH]cc(CCN)c3c2)c2ccccc12.Cl.Cl.NCCc1c[nH]c2ccc(-c3cc4ccccc4s3)cc12.NCCc1c[nH]c2ccc(-c3ccc(C(=O)c4ccccc4)cc3)cc12. The highest BCUT2D eigenvalue weighted by Crippen LogP contribution is 2.36. The van der Waals surface area contributed by atoms with Gasteiger partial charge in [0.2, 0.25) is 0 Å². The number of nitrogens with two attached hydrogens (primary N) is 3. The van der Waals surface area contributed by atoms with E-state index in [0.717, 1.165) is 35.9 Å². The van der Waals surface area contributed by atoms with Crippen molar-refractivity contribution in [3.05, 3.63) is 228 Å². The van der Waals surface area contributed by atoms with Crippen molar-refractivity contribution in [1.29, 1.82) is 0 Å².